The summed E-state index contributed by atoms with van der Waals surface area (Å²) in [7, 11) is 0. The minimum atomic E-state index is -2.07. The molecule has 3 heterocycles. The fourth-order valence-electron chi connectivity index (χ4n) is 2.44. The molecule has 0 bridgehead atoms. The van der Waals surface area contributed by atoms with Crippen LogP contribution in [0.5, 0.6) is 0 Å². The van der Waals surface area contributed by atoms with Crippen LogP contribution in [0.2, 0.25) is 0 Å². The summed E-state index contributed by atoms with van der Waals surface area (Å²) in [5.74, 6) is -0.180. The number of nitrogens with two attached hydrogens (primary N) is 1. The van der Waals surface area contributed by atoms with Crippen LogP contribution in [-0.4, -0.2) is 59.4 Å². The van der Waals surface area contributed by atoms with Crippen LogP contribution in [0, 0.1) is 0 Å². The number of H-pyrrole nitrogens is 1. The predicted octanol–water partition coefficient (Wildman–Crippen LogP) is -2.05. The molecule has 0 aromatic carbocycles. The molecule has 13 nitrogen and oxygen atoms in total. The van der Waals surface area contributed by atoms with E-state index in [0.717, 1.165) is 10.9 Å². The summed E-state index contributed by atoms with van der Waals surface area (Å²) >= 11 is 0. The van der Waals surface area contributed by atoms with Crippen LogP contribution < -0.4 is 11.3 Å². The van der Waals surface area contributed by atoms with Crippen LogP contribution in [0.1, 0.15) is 6.23 Å². The summed E-state index contributed by atoms with van der Waals surface area (Å²) in [6.07, 6.45) is -3.44. The number of aliphatic hydroxyl groups is 3. The van der Waals surface area contributed by atoms with E-state index in [4.69, 9.17) is 16.0 Å². The molecule has 0 saturated carbocycles. The Bertz CT molecular complexity index is 857. The number of nitrogens with one attached hydrogen (secondary N) is 1. The Morgan fingerprint density at radius 2 is 2.35 bits per heavy atom. The second kappa shape index (κ2) is 5.19. The van der Waals surface area contributed by atoms with Crippen molar-refractivity contribution in [3.8, 4) is 0 Å². The molecular weight excluding hydrogens is 312 g/mol. The lowest BCUT2D eigenvalue weighted by Gasteiger charge is -2.23. The standard InChI is InChI=1S/C10H12N8O5/c11-9-14-6-3(7(22)15-9)13-2-18(6)8-4(20)5(21)10(1-19,23-8)16-17-12/h2,4-5,8,19-21H,1H2,(H3,11,14,15,22)/t4-,5+,8?,10-/m1/s1. The van der Waals surface area contributed by atoms with Crippen molar-refractivity contribution in [3.05, 3.63) is 27.1 Å². The molecule has 1 unspecified atom stereocenters. The number of anilines is 1. The van der Waals surface area contributed by atoms with Crippen molar-refractivity contribution in [1.82, 2.24) is 19.5 Å². The van der Waals surface area contributed by atoms with Gasteiger partial charge in [-0.1, -0.05) is 5.11 Å². The van der Waals surface area contributed by atoms with Crippen LogP contribution in [0.25, 0.3) is 21.6 Å². The van der Waals surface area contributed by atoms with Crippen molar-refractivity contribution < 1.29 is 20.1 Å². The van der Waals surface area contributed by atoms with Crippen molar-refractivity contribution in [2.45, 2.75) is 24.2 Å². The lowest BCUT2D eigenvalue weighted by atomic mass is 10.1. The van der Waals surface area contributed by atoms with Gasteiger partial charge in [-0.3, -0.25) is 14.3 Å². The van der Waals surface area contributed by atoms with E-state index < -0.39 is 36.3 Å². The first-order valence-corrected chi connectivity index (χ1v) is 6.37. The summed E-state index contributed by atoms with van der Waals surface area (Å²) in [5.41, 5.74) is 11.3. The molecule has 2 aromatic rings. The lowest BCUT2D eigenvalue weighted by Crippen LogP contribution is -2.44. The number of azide groups is 1. The normalized spacial score (nSPS) is 30.5. The molecule has 6 N–H and O–H groups in total. The summed E-state index contributed by atoms with van der Waals surface area (Å²) in [4.78, 5) is 24.3. The molecule has 3 rings (SSSR count). The Morgan fingerprint density at radius 3 is 3.00 bits per heavy atom. The summed E-state index contributed by atoms with van der Waals surface area (Å²) < 4.78 is 6.51. The van der Waals surface area contributed by atoms with E-state index in [9.17, 15) is 20.1 Å². The molecule has 0 spiro atoms. The van der Waals surface area contributed by atoms with Gasteiger partial charge in [0.1, 0.15) is 12.2 Å². The Morgan fingerprint density at radius 1 is 1.61 bits per heavy atom. The van der Waals surface area contributed by atoms with Crippen molar-refractivity contribution in [2.24, 2.45) is 5.11 Å². The van der Waals surface area contributed by atoms with E-state index in [2.05, 4.69) is 25.0 Å². The monoisotopic (exact) mass is 324 g/mol. The van der Waals surface area contributed by atoms with E-state index in [1.165, 1.54) is 0 Å². The van der Waals surface area contributed by atoms with Gasteiger partial charge < -0.3 is 25.8 Å². The van der Waals surface area contributed by atoms with Crippen LogP contribution in [-0.2, 0) is 4.74 Å². The molecule has 2 aromatic heterocycles. The zero-order valence-electron chi connectivity index (χ0n) is 11.4. The first-order valence-electron chi connectivity index (χ1n) is 6.37. The molecule has 0 amide bonds. The highest BCUT2D eigenvalue weighted by Gasteiger charge is 2.55. The van der Waals surface area contributed by atoms with Gasteiger partial charge in [0.2, 0.25) is 11.7 Å². The topological polar surface area (TPSA) is 208 Å². The largest absolute Gasteiger partial charge is 0.393 e. The molecule has 13 heteroatoms. The predicted molar refractivity (Wildman–Crippen MR) is 73.7 cm³/mol. The van der Waals surface area contributed by atoms with Crippen molar-refractivity contribution in [3.63, 3.8) is 0 Å². The van der Waals surface area contributed by atoms with Gasteiger partial charge in [0.15, 0.2) is 17.4 Å². The molecule has 1 aliphatic heterocycles. The number of nitrogens with zero attached hydrogens (tertiary/aromatic N) is 6. The highest BCUT2D eigenvalue weighted by atomic mass is 16.6. The number of ether oxygens (including phenoxy) is 1. The molecule has 1 aliphatic rings. The number of nitrogen functional groups attached to an aromatic ring is 1. The molecule has 1 fully saturated rings. The molecule has 122 valence electrons. The molecule has 23 heavy (non-hydrogen) atoms. The average molecular weight is 324 g/mol. The molecular formula is C10H12N8O5. The van der Waals surface area contributed by atoms with Crippen LogP contribution in [0.15, 0.2) is 16.2 Å². The third-order valence-corrected chi connectivity index (χ3v) is 3.57. The van der Waals surface area contributed by atoms with Crippen LogP contribution >= 0.6 is 0 Å². The van der Waals surface area contributed by atoms with E-state index in [-0.39, 0.29) is 17.1 Å². The van der Waals surface area contributed by atoms with E-state index >= 15 is 0 Å². The number of aromatic amines is 1. The van der Waals surface area contributed by atoms with Gasteiger partial charge >= 0.3 is 0 Å². The highest BCUT2D eigenvalue weighted by molar-refractivity contribution is 5.70. The first kappa shape index (κ1) is 15.2. The van der Waals surface area contributed by atoms with Crippen molar-refractivity contribution in [1.29, 1.82) is 0 Å². The summed E-state index contributed by atoms with van der Waals surface area (Å²) in [6.45, 7) is -0.867. The third kappa shape index (κ3) is 2.11. The van der Waals surface area contributed by atoms with Crippen LogP contribution in [0.3, 0.4) is 0 Å². The van der Waals surface area contributed by atoms with Gasteiger partial charge in [0.25, 0.3) is 5.56 Å². The number of hydrogen-bond donors (Lipinski definition) is 5. The van der Waals surface area contributed by atoms with E-state index in [0.29, 0.717) is 0 Å². The molecule has 0 radical (unpaired) electrons. The maximum atomic E-state index is 11.7. The summed E-state index contributed by atoms with van der Waals surface area (Å²) in [5, 5.41) is 32.8. The highest BCUT2D eigenvalue weighted by Crippen LogP contribution is 2.38. The zero-order chi connectivity index (χ0) is 16.8. The van der Waals surface area contributed by atoms with Crippen molar-refractivity contribution >= 4 is 17.1 Å². The molecule has 0 aliphatic carbocycles. The Hall–Kier alpha value is -2.70. The number of aromatic nitrogens is 4. The fraction of sp³-hybridized carbons (Fsp3) is 0.500. The third-order valence-electron chi connectivity index (χ3n) is 3.57. The number of aliphatic hydroxyl groups excluding tert-OH is 3. The fourth-order valence-corrected chi connectivity index (χ4v) is 2.44. The van der Waals surface area contributed by atoms with Gasteiger partial charge in [-0.05, 0) is 5.53 Å². The zero-order valence-corrected chi connectivity index (χ0v) is 11.4. The average Bonchev–Trinajstić information content (AvgIpc) is 3.03. The number of hydrogen-bond acceptors (Lipinski definition) is 9. The summed E-state index contributed by atoms with van der Waals surface area (Å²) in [6, 6.07) is 0. The van der Waals surface area contributed by atoms with Gasteiger partial charge in [0.05, 0.1) is 12.9 Å². The van der Waals surface area contributed by atoms with Gasteiger partial charge in [-0.15, -0.1) is 0 Å². The Kier molecular flexibility index (Phi) is 3.43. The molecule has 1 saturated heterocycles. The van der Waals surface area contributed by atoms with Gasteiger partial charge in [-0.25, -0.2) is 4.98 Å². The van der Waals surface area contributed by atoms with E-state index in [1.807, 2.05) is 0 Å². The smallest absolute Gasteiger partial charge is 0.280 e. The maximum absolute atomic E-state index is 11.7. The van der Waals surface area contributed by atoms with E-state index in [1.54, 1.807) is 0 Å². The number of rotatable bonds is 3. The minimum Gasteiger partial charge on any atom is -0.393 e. The minimum absolute atomic E-state index is 0.00261. The Labute approximate surface area is 126 Å². The second-order valence-electron chi connectivity index (χ2n) is 4.91. The van der Waals surface area contributed by atoms with Gasteiger partial charge in [-0.2, -0.15) is 4.98 Å². The quantitative estimate of drug-likeness (QED) is 0.240. The second-order valence-corrected chi connectivity index (χ2v) is 4.91. The first-order chi connectivity index (χ1) is 10.9. The van der Waals surface area contributed by atoms with Gasteiger partial charge in [0, 0.05) is 4.91 Å². The Balaban J connectivity index is 2.13. The van der Waals surface area contributed by atoms with Crippen LogP contribution in [0.4, 0.5) is 5.95 Å². The van der Waals surface area contributed by atoms with Crippen molar-refractivity contribution in [2.75, 3.05) is 12.3 Å². The lowest BCUT2D eigenvalue weighted by molar-refractivity contribution is -0.123. The number of fused-ring (bicyclic) bond motifs is 1. The maximum Gasteiger partial charge on any atom is 0.280 e. The number of imidazole rings is 1. The SMILES string of the molecule is [N-]=[N+]=N[C@]1(CO)OC(n2cnc3c(=O)[nH]c(N)nc32)[C@H](O)[C@@H]1O. The molecule has 4 atom stereocenters.